The molecule has 130 valence electrons. The zero-order valence-corrected chi connectivity index (χ0v) is 15.2. The van der Waals surface area contributed by atoms with Crippen LogP contribution >= 0.6 is 12.6 Å². The van der Waals surface area contributed by atoms with E-state index in [1.807, 2.05) is 44.4 Å². The number of carbonyl (C=O) groups is 1. The fourth-order valence-electron chi connectivity index (χ4n) is 2.28. The maximum absolute atomic E-state index is 12.2. The Morgan fingerprint density at radius 3 is 2.75 bits per heavy atom. The van der Waals surface area contributed by atoms with E-state index in [0.717, 1.165) is 5.56 Å². The smallest absolute Gasteiger partial charge is 0.408 e. The first-order chi connectivity index (χ1) is 11.3. The fourth-order valence-corrected chi connectivity index (χ4v) is 2.57. The number of hydrogen-bond donors (Lipinski definition) is 2. The van der Waals surface area contributed by atoms with E-state index in [9.17, 15) is 4.79 Å². The molecule has 0 saturated carbocycles. The van der Waals surface area contributed by atoms with E-state index in [1.54, 1.807) is 12.4 Å². The monoisotopic (exact) mass is 349 g/mol. The fraction of sp³-hybridized carbons (Fsp3) is 0.500. The first-order valence-corrected chi connectivity index (χ1v) is 8.25. The van der Waals surface area contributed by atoms with Crippen LogP contribution in [0.2, 0.25) is 0 Å². The number of aromatic nitrogens is 4. The Morgan fingerprint density at radius 2 is 2.17 bits per heavy atom. The number of amides is 1. The Hall–Kier alpha value is -2.09. The van der Waals surface area contributed by atoms with Gasteiger partial charge in [-0.05, 0) is 39.3 Å². The maximum atomic E-state index is 12.2. The molecule has 2 aromatic heterocycles. The van der Waals surface area contributed by atoms with Gasteiger partial charge in [0.05, 0.1) is 6.04 Å². The lowest BCUT2D eigenvalue weighted by atomic mass is 10.1. The van der Waals surface area contributed by atoms with Crippen molar-refractivity contribution in [1.29, 1.82) is 0 Å². The van der Waals surface area contributed by atoms with Crippen LogP contribution in [0.4, 0.5) is 4.79 Å². The summed E-state index contributed by atoms with van der Waals surface area (Å²) in [5, 5.41) is 11.6. The second-order valence-electron chi connectivity index (χ2n) is 6.37. The Balaban J connectivity index is 2.25. The molecular formula is C16H23N5O2S. The molecule has 0 aliphatic heterocycles. The van der Waals surface area contributed by atoms with Gasteiger partial charge in [0.15, 0.2) is 11.0 Å². The standard InChI is InChI=1S/C16H23N5O2S/c1-5-21-13(19-20-14(21)24)12(9-11-7-6-8-17-10-11)18-15(22)23-16(2,3)4/h6-8,10,12H,5,9H2,1-4H3,(H,18,22)(H,20,24)/t12-/m1/s1. The van der Waals surface area contributed by atoms with Crippen LogP contribution in [-0.2, 0) is 17.7 Å². The molecule has 1 N–H and O–H groups in total. The molecule has 0 aliphatic rings. The second-order valence-corrected chi connectivity index (χ2v) is 6.77. The van der Waals surface area contributed by atoms with E-state index in [0.29, 0.717) is 23.9 Å². The molecule has 1 amide bonds. The summed E-state index contributed by atoms with van der Waals surface area (Å²) < 4.78 is 7.21. The zero-order valence-electron chi connectivity index (χ0n) is 14.4. The van der Waals surface area contributed by atoms with Crippen LogP contribution in [-0.4, -0.2) is 31.4 Å². The van der Waals surface area contributed by atoms with Crippen LogP contribution in [0, 0.1) is 0 Å². The molecule has 0 aromatic carbocycles. The van der Waals surface area contributed by atoms with Gasteiger partial charge >= 0.3 is 6.09 Å². The first kappa shape index (κ1) is 18.3. The molecule has 24 heavy (non-hydrogen) atoms. The van der Waals surface area contributed by atoms with Gasteiger partial charge < -0.3 is 14.6 Å². The number of ether oxygens (including phenoxy) is 1. The minimum Gasteiger partial charge on any atom is -0.444 e. The highest BCUT2D eigenvalue weighted by molar-refractivity contribution is 7.80. The summed E-state index contributed by atoms with van der Waals surface area (Å²) in [5.41, 5.74) is 0.403. The average Bonchev–Trinajstić information content (AvgIpc) is 2.86. The Morgan fingerprint density at radius 1 is 1.42 bits per heavy atom. The van der Waals surface area contributed by atoms with Crippen molar-refractivity contribution in [3.05, 3.63) is 35.9 Å². The summed E-state index contributed by atoms with van der Waals surface area (Å²) in [4.78, 5) is 16.3. The van der Waals surface area contributed by atoms with Crippen molar-refractivity contribution in [2.75, 3.05) is 0 Å². The third-order valence-corrected chi connectivity index (χ3v) is 3.57. The van der Waals surface area contributed by atoms with Gasteiger partial charge in [0.2, 0.25) is 0 Å². The molecule has 0 fully saturated rings. The van der Waals surface area contributed by atoms with Crippen molar-refractivity contribution in [1.82, 2.24) is 25.1 Å². The number of thiol groups is 1. The third-order valence-electron chi connectivity index (χ3n) is 3.24. The largest absolute Gasteiger partial charge is 0.444 e. The molecule has 2 heterocycles. The summed E-state index contributed by atoms with van der Waals surface area (Å²) in [5.74, 6) is 0.636. The van der Waals surface area contributed by atoms with Crippen LogP contribution < -0.4 is 5.32 Å². The quantitative estimate of drug-likeness (QED) is 0.811. The molecule has 0 radical (unpaired) electrons. The lowest BCUT2D eigenvalue weighted by Crippen LogP contribution is -2.37. The lowest BCUT2D eigenvalue weighted by molar-refractivity contribution is 0.0500. The minimum absolute atomic E-state index is 0.391. The van der Waals surface area contributed by atoms with Gasteiger partial charge in [0.25, 0.3) is 0 Å². The van der Waals surface area contributed by atoms with Crippen LogP contribution in [0.15, 0.2) is 29.7 Å². The number of hydrogen-bond acceptors (Lipinski definition) is 6. The van der Waals surface area contributed by atoms with E-state index >= 15 is 0 Å². The van der Waals surface area contributed by atoms with Crippen LogP contribution in [0.1, 0.15) is 45.1 Å². The summed E-state index contributed by atoms with van der Waals surface area (Å²) in [7, 11) is 0. The topological polar surface area (TPSA) is 81.9 Å². The summed E-state index contributed by atoms with van der Waals surface area (Å²) in [6.45, 7) is 8.09. The SMILES string of the molecule is CCn1c(S)nnc1[C@@H](Cc1cccnc1)NC(=O)OC(C)(C)C. The zero-order chi connectivity index (χ0) is 17.7. The summed E-state index contributed by atoms with van der Waals surface area (Å²) >= 11 is 4.31. The minimum atomic E-state index is -0.573. The van der Waals surface area contributed by atoms with E-state index in [-0.39, 0.29) is 0 Å². The maximum Gasteiger partial charge on any atom is 0.408 e. The van der Waals surface area contributed by atoms with Gasteiger partial charge in [0.1, 0.15) is 5.60 Å². The predicted octanol–water partition coefficient (Wildman–Crippen LogP) is 2.79. The molecule has 0 spiro atoms. The van der Waals surface area contributed by atoms with Crippen LogP contribution in [0.25, 0.3) is 0 Å². The first-order valence-electron chi connectivity index (χ1n) is 7.80. The van der Waals surface area contributed by atoms with Crippen molar-refractivity contribution in [2.45, 2.75) is 57.5 Å². The van der Waals surface area contributed by atoms with Gasteiger partial charge in [-0.15, -0.1) is 22.8 Å². The summed E-state index contributed by atoms with van der Waals surface area (Å²) in [6.07, 6.45) is 3.50. The average molecular weight is 349 g/mol. The van der Waals surface area contributed by atoms with Crippen LogP contribution in [0.5, 0.6) is 0 Å². The molecule has 7 nitrogen and oxygen atoms in total. The van der Waals surface area contributed by atoms with Gasteiger partial charge in [-0.25, -0.2) is 4.79 Å². The number of pyridine rings is 1. The predicted molar refractivity (Wildman–Crippen MR) is 93.0 cm³/mol. The molecule has 1 atom stereocenters. The van der Waals surface area contributed by atoms with Gasteiger partial charge in [-0.2, -0.15) is 0 Å². The van der Waals surface area contributed by atoms with Crippen molar-refractivity contribution >= 4 is 18.7 Å². The molecule has 2 aromatic rings. The number of nitrogens with zero attached hydrogens (tertiary/aromatic N) is 4. The summed E-state index contributed by atoms with van der Waals surface area (Å²) in [6, 6.07) is 3.41. The normalized spacial score (nSPS) is 12.7. The molecule has 0 bridgehead atoms. The van der Waals surface area contributed by atoms with Crippen LogP contribution in [0.3, 0.4) is 0 Å². The second kappa shape index (κ2) is 7.65. The number of alkyl carbamates (subject to hydrolysis) is 1. The van der Waals surface area contributed by atoms with Crippen molar-refractivity contribution in [3.8, 4) is 0 Å². The Kier molecular flexibility index (Phi) is 5.82. The van der Waals surface area contributed by atoms with E-state index in [4.69, 9.17) is 4.74 Å². The number of carbonyl (C=O) groups excluding carboxylic acids is 1. The third kappa shape index (κ3) is 4.95. The molecule has 8 heteroatoms. The van der Waals surface area contributed by atoms with Gasteiger partial charge in [-0.3, -0.25) is 4.98 Å². The molecule has 0 saturated heterocycles. The Bertz CT molecular complexity index is 682. The van der Waals surface area contributed by atoms with Gasteiger partial charge in [-0.1, -0.05) is 6.07 Å². The highest BCUT2D eigenvalue weighted by Crippen LogP contribution is 2.20. The van der Waals surface area contributed by atoms with E-state index in [2.05, 4.69) is 33.1 Å². The Labute approximate surface area is 147 Å². The molecule has 0 unspecified atom stereocenters. The van der Waals surface area contributed by atoms with Gasteiger partial charge in [0, 0.05) is 25.4 Å². The van der Waals surface area contributed by atoms with Crippen molar-refractivity contribution in [3.63, 3.8) is 0 Å². The number of nitrogens with one attached hydrogen (secondary N) is 1. The lowest BCUT2D eigenvalue weighted by Gasteiger charge is -2.23. The highest BCUT2D eigenvalue weighted by Gasteiger charge is 2.25. The molecular weight excluding hydrogens is 326 g/mol. The molecule has 2 rings (SSSR count). The molecule has 0 aliphatic carbocycles. The van der Waals surface area contributed by atoms with E-state index < -0.39 is 17.7 Å². The van der Waals surface area contributed by atoms with E-state index in [1.165, 1.54) is 0 Å². The van der Waals surface area contributed by atoms with Crippen molar-refractivity contribution < 1.29 is 9.53 Å². The van der Waals surface area contributed by atoms with Crippen molar-refractivity contribution in [2.24, 2.45) is 0 Å². The number of rotatable bonds is 5. The highest BCUT2D eigenvalue weighted by atomic mass is 32.1.